The van der Waals surface area contributed by atoms with Crippen molar-refractivity contribution in [2.75, 3.05) is 11.6 Å². The largest absolute Gasteiger partial charge is 0.289 e. The van der Waals surface area contributed by atoms with E-state index in [1.165, 1.54) is 29.6 Å². The first-order chi connectivity index (χ1) is 10.6. The van der Waals surface area contributed by atoms with Gasteiger partial charge in [-0.25, -0.2) is 4.39 Å². The number of para-hydroxylation sites is 1. The second-order valence-corrected chi connectivity index (χ2v) is 5.19. The maximum absolute atomic E-state index is 12.6. The molecule has 0 atom stereocenters. The first-order valence-electron chi connectivity index (χ1n) is 7.49. The Morgan fingerprint density at radius 1 is 1.36 bits per heavy atom. The Morgan fingerprint density at radius 3 is 2.86 bits per heavy atom. The number of aryl methyl sites for hydroxylation is 1. The molecule has 1 aromatic heterocycles. The van der Waals surface area contributed by atoms with Crippen molar-refractivity contribution in [2.45, 2.75) is 27.2 Å². The highest BCUT2D eigenvalue weighted by Gasteiger charge is 2.08. The van der Waals surface area contributed by atoms with Crippen molar-refractivity contribution in [3.8, 4) is 0 Å². The lowest BCUT2D eigenvalue weighted by atomic mass is 10.2. The molecule has 4 heteroatoms. The van der Waals surface area contributed by atoms with Gasteiger partial charge in [-0.3, -0.25) is 14.7 Å². The Kier molecular flexibility index (Phi) is 5.53. The van der Waals surface area contributed by atoms with Gasteiger partial charge >= 0.3 is 0 Å². The molecule has 2 aromatic rings. The number of benzene rings is 1. The van der Waals surface area contributed by atoms with E-state index in [9.17, 15) is 4.39 Å². The van der Waals surface area contributed by atoms with Crippen LogP contribution in [-0.4, -0.2) is 17.4 Å². The molecule has 2 rings (SSSR count). The van der Waals surface area contributed by atoms with Gasteiger partial charge in [0.2, 0.25) is 0 Å². The molecule has 0 unspecified atom stereocenters. The van der Waals surface area contributed by atoms with Crippen molar-refractivity contribution in [3.05, 3.63) is 60.3 Å². The van der Waals surface area contributed by atoms with Crippen LogP contribution in [0.1, 0.15) is 25.8 Å². The molecule has 0 radical (unpaired) electrons. The Labute approximate surface area is 131 Å². The molecule has 3 nitrogen and oxygen atoms in total. The van der Waals surface area contributed by atoms with Gasteiger partial charge in [0.1, 0.15) is 5.83 Å². The summed E-state index contributed by atoms with van der Waals surface area (Å²) in [7, 11) is 0. The quantitative estimate of drug-likeness (QED) is 0.707. The van der Waals surface area contributed by atoms with Crippen molar-refractivity contribution < 1.29 is 4.39 Å². The highest BCUT2D eigenvalue weighted by Crippen LogP contribution is 2.20. The average Bonchev–Trinajstić information content (AvgIpc) is 2.83. The van der Waals surface area contributed by atoms with Crippen molar-refractivity contribution in [2.24, 2.45) is 4.99 Å². The molecule has 0 aliphatic heterocycles. The summed E-state index contributed by atoms with van der Waals surface area (Å²) in [6, 6.07) is 8.34. The molecule has 22 heavy (non-hydrogen) atoms. The van der Waals surface area contributed by atoms with Crippen LogP contribution in [0, 0.1) is 6.92 Å². The molecule has 116 valence electrons. The first-order valence-corrected chi connectivity index (χ1v) is 7.49. The molecular weight excluding hydrogens is 277 g/mol. The third-order valence-electron chi connectivity index (χ3n) is 3.30. The Balaban J connectivity index is 2.28. The Morgan fingerprint density at radius 2 is 2.14 bits per heavy atom. The summed E-state index contributed by atoms with van der Waals surface area (Å²) in [6.45, 7) is 6.52. The van der Waals surface area contributed by atoms with Crippen LogP contribution in [0.4, 0.5) is 4.39 Å². The predicted octanol–water partition coefficient (Wildman–Crippen LogP) is 4.71. The van der Waals surface area contributed by atoms with Crippen molar-refractivity contribution in [1.82, 2.24) is 4.68 Å². The molecular formula is C18H22FN3. The second-order valence-electron chi connectivity index (χ2n) is 5.19. The van der Waals surface area contributed by atoms with Crippen LogP contribution in [0.2, 0.25) is 0 Å². The minimum absolute atomic E-state index is 0.304. The van der Waals surface area contributed by atoms with E-state index in [0.29, 0.717) is 0 Å². The molecule has 0 amide bonds. The average molecular weight is 299 g/mol. The fraction of sp³-hybridized carbons (Fsp3) is 0.278. The number of rotatable bonds is 6. The van der Waals surface area contributed by atoms with Gasteiger partial charge in [0.15, 0.2) is 0 Å². The topological polar surface area (TPSA) is 20.5 Å². The maximum Gasteiger partial charge on any atom is 0.115 e. The summed E-state index contributed by atoms with van der Waals surface area (Å²) in [6.07, 6.45) is 9.72. The van der Waals surface area contributed by atoms with E-state index >= 15 is 0 Å². The molecule has 1 aromatic carbocycles. The van der Waals surface area contributed by atoms with Gasteiger partial charge in [0, 0.05) is 30.5 Å². The highest BCUT2D eigenvalue weighted by molar-refractivity contribution is 5.84. The van der Waals surface area contributed by atoms with Crippen LogP contribution in [0.5, 0.6) is 0 Å². The SMILES string of the molecule is CCCN(/C=C/C=N/C=C(\C)F)n1cc(C)c2ccccc21. The molecule has 0 aliphatic carbocycles. The Bertz CT molecular complexity index is 706. The van der Waals surface area contributed by atoms with Gasteiger partial charge < -0.3 is 0 Å². The van der Waals surface area contributed by atoms with Crippen LogP contribution >= 0.6 is 0 Å². The van der Waals surface area contributed by atoms with Crippen LogP contribution in [0.3, 0.4) is 0 Å². The van der Waals surface area contributed by atoms with Gasteiger partial charge in [0.05, 0.1) is 11.7 Å². The lowest BCUT2D eigenvalue weighted by Crippen LogP contribution is -2.28. The fourth-order valence-corrected chi connectivity index (χ4v) is 2.36. The zero-order valence-electron chi connectivity index (χ0n) is 13.3. The summed E-state index contributed by atoms with van der Waals surface area (Å²) < 4.78 is 14.7. The summed E-state index contributed by atoms with van der Waals surface area (Å²) in [4.78, 5) is 3.88. The van der Waals surface area contributed by atoms with E-state index in [2.05, 4.69) is 52.9 Å². The van der Waals surface area contributed by atoms with Crippen LogP contribution in [-0.2, 0) is 0 Å². The molecule has 0 spiro atoms. The summed E-state index contributed by atoms with van der Waals surface area (Å²) >= 11 is 0. The molecule has 0 saturated heterocycles. The van der Waals surface area contributed by atoms with E-state index in [1.54, 1.807) is 6.21 Å². The summed E-state index contributed by atoms with van der Waals surface area (Å²) in [5, 5.41) is 3.38. The van der Waals surface area contributed by atoms with Gasteiger partial charge in [-0.05, 0) is 38.0 Å². The third kappa shape index (κ3) is 3.85. The number of halogens is 1. The third-order valence-corrected chi connectivity index (χ3v) is 3.30. The zero-order valence-corrected chi connectivity index (χ0v) is 13.3. The van der Waals surface area contributed by atoms with E-state index in [4.69, 9.17) is 0 Å². The highest BCUT2D eigenvalue weighted by atomic mass is 19.1. The van der Waals surface area contributed by atoms with Crippen LogP contribution < -0.4 is 5.01 Å². The molecule has 1 heterocycles. The van der Waals surface area contributed by atoms with Gasteiger partial charge in [-0.15, -0.1) is 0 Å². The predicted molar refractivity (Wildman–Crippen MR) is 92.5 cm³/mol. The molecule has 0 fully saturated rings. The minimum atomic E-state index is -0.304. The number of hydrogen-bond donors (Lipinski definition) is 0. The zero-order chi connectivity index (χ0) is 15.9. The van der Waals surface area contributed by atoms with E-state index < -0.39 is 0 Å². The number of hydrogen-bond acceptors (Lipinski definition) is 2. The number of aromatic nitrogens is 1. The smallest absolute Gasteiger partial charge is 0.115 e. The number of allylic oxidation sites excluding steroid dienone is 2. The summed E-state index contributed by atoms with van der Waals surface area (Å²) in [5.74, 6) is -0.304. The first kappa shape index (κ1) is 16.0. The van der Waals surface area contributed by atoms with Crippen molar-refractivity contribution >= 4 is 17.1 Å². The number of fused-ring (bicyclic) bond motifs is 1. The van der Waals surface area contributed by atoms with Crippen molar-refractivity contribution in [3.63, 3.8) is 0 Å². The molecule has 0 bridgehead atoms. The van der Waals surface area contributed by atoms with E-state index in [1.807, 2.05) is 18.3 Å². The van der Waals surface area contributed by atoms with Crippen molar-refractivity contribution in [1.29, 1.82) is 0 Å². The standard InChI is InChI=1S/C18H22FN3/c1-4-11-21(12-7-10-20-13-16(3)19)22-14-15(2)17-8-5-6-9-18(17)22/h5-10,12-14H,4,11H2,1-3H3/b12-7+,16-13+,20-10+. The normalized spacial score (nSPS) is 12.8. The second kappa shape index (κ2) is 7.59. The van der Waals surface area contributed by atoms with Gasteiger partial charge in [-0.1, -0.05) is 25.1 Å². The maximum atomic E-state index is 12.6. The fourth-order valence-electron chi connectivity index (χ4n) is 2.36. The minimum Gasteiger partial charge on any atom is -0.289 e. The molecule has 0 N–H and O–H groups in total. The van der Waals surface area contributed by atoms with Gasteiger partial charge in [0.25, 0.3) is 0 Å². The number of aliphatic imine (C=N–C) groups is 1. The lowest BCUT2D eigenvalue weighted by molar-refractivity contribution is 0.637. The van der Waals surface area contributed by atoms with E-state index in [0.717, 1.165) is 13.0 Å². The van der Waals surface area contributed by atoms with Gasteiger partial charge in [-0.2, -0.15) is 0 Å². The molecule has 0 aliphatic rings. The Hall–Kier alpha value is -2.36. The lowest BCUT2D eigenvalue weighted by Gasteiger charge is -2.22. The summed E-state index contributed by atoms with van der Waals surface area (Å²) in [5.41, 5.74) is 2.42. The van der Waals surface area contributed by atoms with E-state index in [-0.39, 0.29) is 5.83 Å². The number of nitrogens with zero attached hydrogens (tertiary/aromatic N) is 3. The van der Waals surface area contributed by atoms with Crippen LogP contribution in [0.25, 0.3) is 10.9 Å². The van der Waals surface area contributed by atoms with Crippen LogP contribution in [0.15, 0.2) is 59.8 Å². The molecule has 0 saturated carbocycles. The monoisotopic (exact) mass is 299 g/mol.